The molecule has 1 saturated heterocycles. The number of nitrogens with zero attached hydrogens (tertiary/aromatic N) is 3. The van der Waals surface area contributed by atoms with Crippen molar-refractivity contribution < 1.29 is 23.1 Å². The Labute approximate surface area is 188 Å². The first-order valence-electron chi connectivity index (χ1n) is 10.4. The molecule has 1 fully saturated rings. The fraction of sp³-hybridized carbons (Fsp3) is 0.429. The van der Waals surface area contributed by atoms with Crippen LogP contribution < -0.4 is 14.9 Å². The number of amides is 1. The number of carbonyl (C=O) groups is 1. The quantitative estimate of drug-likeness (QED) is 0.542. The van der Waals surface area contributed by atoms with Crippen LogP contribution in [0.4, 0.5) is 22.0 Å². The first-order chi connectivity index (χ1) is 15.2. The Morgan fingerprint density at radius 3 is 2.50 bits per heavy atom. The van der Waals surface area contributed by atoms with E-state index in [0.29, 0.717) is 24.7 Å². The second-order valence-electron chi connectivity index (χ2n) is 7.54. The SMILES string of the molecule is CCOC(=O)Nc1cc(N2CCN(CC(O)c3ccc(NS(C)(=O)=O)cc3)CC2)ccn1. The molecular weight excluding hydrogens is 434 g/mol. The molecule has 10 nitrogen and oxygen atoms in total. The highest BCUT2D eigenvalue weighted by molar-refractivity contribution is 7.92. The van der Waals surface area contributed by atoms with E-state index in [1.165, 1.54) is 0 Å². The van der Waals surface area contributed by atoms with Crippen molar-refractivity contribution in [3.05, 3.63) is 48.2 Å². The minimum Gasteiger partial charge on any atom is -0.450 e. The lowest BCUT2D eigenvalue weighted by Crippen LogP contribution is -2.47. The normalized spacial score (nSPS) is 15.8. The molecule has 2 aromatic rings. The molecule has 3 N–H and O–H groups in total. The fourth-order valence-electron chi connectivity index (χ4n) is 3.48. The summed E-state index contributed by atoms with van der Waals surface area (Å²) in [5.74, 6) is 0.438. The molecule has 0 aliphatic carbocycles. The number of aliphatic hydroxyl groups excluding tert-OH is 1. The van der Waals surface area contributed by atoms with Crippen molar-refractivity contribution in [3.63, 3.8) is 0 Å². The number of aliphatic hydroxyl groups is 1. The summed E-state index contributed by atoms with van der Waals surface area (Å²) in [5.41, 5.74) is 2.16. The maximum absolute atomic E-state index is 11.6. The zero-order valence-electron chi connectivity index (χ0n) is 18.2. The van der Waals surface area contributed by atoms with Gasteiger partial charge in [0.2, 0.25) is 10.0 Å². The van der Waals surface area contributed by atoms with Crippen LogP contribution in [-0.2, 0) is 14.8 Å². The molecule has 1 amide bonds. The van der Waals surface area contributed by atoms with Crippen LogP contribution in [0, 0.1) is 0 Å². The van der Waals surface area contributed by atoms with Crippen LogP contribution >= 0.6 is 0 Å². The standard InChI is InChI=1S/C21H29N5O5S/c1-3-31-21(28)23-20-14-18(8-9-22-20)26-12-10-25(11-13-26)15-19(27)16-4-6-17(7-5-16)24-32(2,29)30/h4-9,14,19,24,27H,3,10-13,15H2,1-2H3,(H,22,23,28). The molecular formula is C21H29N5O5S. The van der Waals surface area contributed by atoms with Crippen molar-refractivity contribution in [2.24, 2.45) is 0 Å². The molecule has 2 heterocycles. The van der Waals surface area contributed by atoms with Gasteiger partial charge in [-0.25, -0.2) is 18.2 Å². The number of ether oxygens (including phenoxy) is 1. The third-order valence-electron chi connectivity index (χ3n) is 5.02. The molecule has 1 atom stereocenters. The van der Waals surface area contributed by atoms with Gasteiger partial charge in [0.1, 0.15) is 5.82 Å². The Hall–Kier alpha value is -2.89. The molecule has 1 aliphatic rings. The number of pyridine rings is 1. The molecule has 1 aromatic carbocycles. The van der Waals surface area contributed by atoms with Crippen LogP contribution in [0.2, 0.25) is 0 Å². The summed E-state index contributed by atoms with van der Waals surface area (Å²) in [6, 6.07) is 10.4. The fourth-order valence-corrected chi connectivity index (χ4v) is 4.05. The largest absolute Gasteiger partial charge is 0.450 e. The molecule has 0 spiro atoms. The maximum atomic E-state index is 11.6. The highest BCUT2D eigenvalue weighted by Gasteiger charge is 2.21. The molecule has 0 saturated carbocycles. The summed E-state index contributed by atoms with van der Waals surface area (Å²) in [7, 11) is -3.33. The second kappa shape index (κ2) is 10.6. The first-order valence-corrected chi connectivity index (χ1v) is 12.3. The molecule has 1 unspecified atom stereocenters. The monoisotopic (exact) mass is 463 g/mol. The van der Waals surface area contributed by atoms with Crippen LogP contribution in [-0.4, -0.2) is 75.1 Å². The minimum atomic E-state index is -3.33. The van der Waals surface area contributed by atoms with Crippen LogP contribution in [0.3, 0.4) is 0 Å². The molecule has 1 aromatic heterocycles. The van der Waals surface area contributed by atoms with Gasteiger partial charge in [0, 0.05) is 56.4 Å². The number of β-amino-alcohol motifs (C(OH)–C–C–N with tert-alkyl or cyclic N) is 1. The van der Waals surface area contributed by atoms with Gasteiger partial charge in [-0.15, -0.1) is 0 Å². The molecule has 32 heavy (non-hydrogen) atoms. The Kier molecular flexibility index (Phi) is 7.89. The van der Waals surface area contributed by atoms with Crippen LogP contribution in [0.1, 0.15) is 18.6 Å². The first kappa shape index (κ1) is 23.8. The second-order valence-corrected chi connectivity index (χ2v) is 9.29. The van der Waals surface area contributed by atoms with Crippen molar-refractivity contribution in [2.75, 3.05) is 60.5 Å². The van der Waals surface area contributed by atoms with E-state index in [2.05, 4.69) is 24.8 Å². The van der Waals surface area contributed by atoms with Crippen molar-refractivity contribution in [1.29, 1.82) is 0 Å². The summed E-state index contributed by atoms with van der Waals surface area (Å²) in [4.78, 5) is 20.1. The number of piperazine rings is 1. The van der Waals surface area contributed by atoms with E-state index >= 15 is 0 Å². The lowest BCUT2D eigenvalue weighted by molar-refractivity contribution is 0.109. The number of anilines is 3. The van der Waals surface area contributed by atoms with Crippen LogP contribution in [0.15, 0.2) is 42.6 Å². The maximum Gasteiger partial charge on any atom is 0.412 e. The van der Waals surface area contributed by atoms with E-state index in [1.807, 2.05) is 12.1 Å². The van der Waals surface area contributed by atoms with Gasteiger partial charge in [0.05, 0.1) is 19.0 Å². The van der Waals surface area contributed by atoms with Gasteiger partial charge in [0.25, 0.3) is 0 Å². The predicted molar refractivity (Wildman–Crippen MR) is 123 cm³/mol. The van der Waals surface area contributed by atoms with E-state index < -0.39 is 22.2 Å². The van der Waals surface area contributed by atoms with Gasteiger partial charge in [0.15, 0.2) is 0 Å². The Morgan fingerprint density at radius 2 is 1.88 bits per heavy atom. The molecule has 3 rings (SSSR count). The summed E-state index contributed by atoms with van der Waals surface area (Å²) in [5, 5.41) is 13.2. The predicted octanol–water partition coefficient (Wildman–Crippen LogP) is 1.88. The summed E-state index contributed by atoms with van der Waals surface area (Å²) >= 11 is 0. The average molecular weight is 464 g/mol. The smallest absolute Gasteiger partial charge is 0.412 e. The van der Waals surface area contributed by atoms with Gasteiger partial charge < -0.3 is 14.7 Å². The summed E-state index contributed by atoms with van der Waals surface area (Å²) < 4.78 is 29.9. The lowest BCUT2D eigenvalue weighted by Gasteiger charge is -2.37. The van der Waals surface area contributed by atoms with E-state index in [9.17, 15) is 18.3 Å². The number of sulfonamides is 1. The van der Waals surface area contributed by atoms with Crippen molar-refractivity contribution in [1.82, 2.24) is 9.88 Å². The highest BCUT2D eigenvalue weighted by atomic mass is 32.2. The number of hydrogen-bond acceptors (Lipinski definition) is 8. The Bertz CT molecular complexity index is 1010. The number of hydrogen-bond donors (Lipinski definition) is 3. The summed E-state index contributed by atoms with van der Waals surface area (Å²) in [6.45, 7) is 5.60. The lowest BCUT2D eigenvalue weighted by atomic mass is 10.1. The number of aromatic nitrogens is 1. The van der Waals surface area contributed by atoms with E-state index in [4.69, 9.17) is 4.74 Å². The van der Waals surface area contributed by atoms with E-state index in [1.54, 1.807) is 37.4 Å². The number of rotatable bonds is 8. The number of benzene rings is 1. The zero-order valence-corrected chi connectivity index (χ0v) is 19.0. The van der Waals surface area contributed by atoms with Gasteiger partial charge >= 0.3 is 6.09 Å². The van der Waals surface area contributed by atoms with E-state index in [0.717, 1.165) is 43.7 Å². The van der Waals surface area contributed by atoms with Crippen LogP contribution in [0.5, 0.6) is 0 Å². The highest BCUT2D eigenvalue weighted by Crippen LogP contribution is 2.22. The number of nitrogens with one attached hydrogen (secondary N) is 2. The Morgan fingerprint density at radius 1 is 1.19 bits per heavy atom. The van der Waals surface area contributed by atoms with E-state index in [-0.39, 0.29) is 0 Å². The van der Waals surface area contributed by atoms with Crippen molar-refractivity contribution in [3.8, 4) is 0 Å². The zero-order chi connectivity index (χ0) is 23.1. The molecule has 1 aliphatic heterocycles. The van der Waals surface area contributed by atoms with Gasteiger partial charge in [-0.3, -0.25) is 14.9 Å². The third-order valence-corrected chi connectivity index (χ3v) is 5.62. The van der Waals surface area contributed by atoms with Crippen molar-refractivity contribution >= 4 is 33.3 Å². The minimum absolute atomic E-state index is 0.293. The van der Waals surface area contributed by atoms with Crippen molar-refractivity contribution in [2.45, 2.75) is 13.0 Å². The Balaban J connectivity index is 1.51. The summed E-state index contributed by atoms with van der Waals surface area (Å²) in [6.07, 6.45) is 1.54. The molecule has 0 radical (unpaired) electrons. The van der Waals surface area contributed by atoms with Crippen LogP contribution in [0.25, 0.3) is 0 Å². The van der Waals surface area contributed by atoms with Gasteiger partial charge in [-0.2, -0.15) is 0 Å². The van der Waals surface area contributed by atoms with Gasteiger partial charge in [-0.1, -0.05) is 12.1 Å². The topological polar surface area (TPSA) is 124 Å². The number of carbonyl (C=O) groups excluding carboxylic acids is 1. The van der Waals surface area contributed by atoms with Gasteiger partial charge in [-0.05, 0) is 30.7 Å². The third kappa shape index (κ3) is 7.08. The molecule has 11 heteroatoms. The molecule has 0 bridgehead atoms. The average Bonchev–Trinajstić information content (AvgIpc) is 2.74. The molecule has 174 valence electrons.